The molecule has 2 aliphatic carbocycles. The van der Waals surface area contributed by atoms with Gasteiger partial charge in [-0.15, -0.1) is 0 Å². The average Bonchev–Trinajstić information content (AvgIpc) is 3.10. The van der Waals surface area contributed by atoms with Crippen molar-refractivity contribution < 1.29 is 33.4 Å². The summed E-state index contributed by atoms with van der Waals surface area (Å²) in [6.07, 6.45) is 13.3. The second-order valence-corrected chi connectivity index (χ2v) is 11.9. The van der Waals surface area contributed by atoms with E-state index in [9.17, 15) is 19.2 Å². The van der Waals surface area contributed by atoms with Crippen molar-refractivity contribution in [1.29, 1.82) is 0 Å². The Morgan fingerprint density at radius 2 is 1.22 bits per heavy atom. The zero-order chi connectivity index (χ0) is 32.1. The van der Waals surface area contributed by atoms with Crippen molar-refractivity contribution in [3.8, 4) is 0 Å². The maximum Gasteiger partial charge on any atom is 0.408 e. The molecule has 2 aromatic carbocycles. The average molecular weight is 623 g/mol. The van der Waals surface area contributed by atoms with Crippen LogP contribution in [0.1, 0.15) is 94.6 Å². The summed E-state index contributed by atoms with van der Waals surface area (Å²) in [6, 6.07) is 18.8. The minimum Gasteiger partial charge on any atom is -0.469 e. The largest absolute Gasteiger partial charge is 0.469 e. The smallest absolute Gasteiger partial charge is 0.408 e. The van der Waals surface area contributed by atoms with Gasteiger partial charge in [-0.05, 0) is 61.5 Å². The predicted octanol–water partition coefficient (Wildman–Crippen LogP) is 7.27. The summed E-state index contributed by atoms with van der Waals surface area (Å²) in [6.45, 7) is 0.495. The molecular weight excluding hydrogens is 572 g/mol. The number of carbonyl (C=O) groups is 4. The highest BCUT2D eigenvalue weighted by molar-refractivity contribution is 5.73. The number of methoxy groups -OCH3 is 1. The van der Waals surface area contributed by atoms with Crippen molar-refractivity contribution in [2.75, 3.05) is 7.11 Å². The van der Waals surface area contributed by atoms with E-state index in [1.54, 1.807) is 0 Å². The van der Waals surface area contributed by atoms with E-state index in [4.69, 9.17) is 14.2 Å². The van der Waals surface area contributed by atoms with Gasteiger partial charge in [-0.3, -0.25) is 4.79 Å². The van der Waals surface area contributed by atoms with Crippen molar-refractivity contribution in [2.24, 2.45) is 11.8 Å². The highest BCUT2D eigenvalue weighted by Gasteiger charge is 2.26. The van der Waals surface area contributed by atoms with Gasteiger partial charge in [0.25, 0.3) is 0 Å². The Bertz CT molecular complexity index is 1130. The number of aldehydes is 1. The molecule has 2 saturated carbocycles. The van der Waals surface area contributed by atoms with E-state index in [0.717, 1.165) is 62.4 Å². The van der Waals surface area contributed by atoms with Gasteiger partial charge in [-0.2, -0.15) is 0 Å². The minimum absolute atomic E-state index is 0.0632. The molecule has 9 nitrogen and oxygen atoms in total. The molecule has 2 atom stereocenters. The molecule has 0 spiro atoms. The second kappa shape index (κ2) is 21.0. The van der Waals surface area contributed by atoms with Crippen LogP contribution in [0, 0.1) is 11.8 Å². The standard InChI is InChI=1S/C20H29NO4.C16H21NO3/c1-24-19(22)14-8-13-18(17-11-6-3-7-12-17)21-20(23)25-15-16-9-4-2-5-10-16;18-11-15(14-9-5-2-6-10-14)17-16(19)20-12-13-7-3-1-4-8-13/h2,4-5,9-10,17-18H,3,6-8,11-15H2,1H3,(H,21,23);1,3-4,7-8,11,14-15H,2,5-6,9-10,12H2,(H,17,19)/t18-;15-/m00/s1. The molecule has 0 unspecified atom stereocenters. The van der Waals surface area contributed by atoms with Gasteiger partial charge in [-0.1, -0.05) is 99.2 Å². The van der Waals surface area contributed by atoms with E-state index >= 15 is 0 Å². The van der Waals surface area contributed by atoms with E-state index < -0.39 is 12.1 Å². The highest BCUT2D eigenvalue weighted by Crippen LogP contribution is 2.29. The van der Waals surface area contributed by atoms with Crippen LogP contribution in [0.3, 0.4) is 0 Å². The number of ether oxygens (including phenoxy) is 3. The van der Waals surface area contributed by atoms with Crippen molar-refractivity contribution in [3.05, 3.63) is 71.8 Å². The van der Waals surface area contributed by atoms with Crippen LogP contribution in [-0.2, 0) is 37.0 Å². The van der Waals surface area contributed by atoms with E-state index in [1.807, 2.05) is 60.7 Å². The number of alkyl carbamates (subject to hydrolysis) is 2. The Labute approximate surface area is 267 Å². The number of carbonyl (C=O) groups excluding carboxylic acids is 4. The van der Waals surface area contributed by atoms with Crippen LogP contribution in [0.5, 0.6) is 0 Å². The fourth-order valence-corrected chi connectivity index (χ4v) is 6.10. The van der Waals surface area contributed by atoms with Crippen LogP contribution in [-0.4, -0.2) is 43.6 Å². The molecule has 0 aromatic heterocycles. The van der Waals surface area contributed by atoms with Crippen molar-refractivity contribution in [1.82, 2.24) is 10.6 Å². The Hall–Kier alpha value is -3.88. The van der Waals surface area contributed by atoms with Crippen molar-refractivity contribution in [2.45, 2.75) is 109 Å². The van der Waals surface area contributed by atoms with Crippen LogP contribution in [0.2, 0.25) is 0 Å². The molecule has 2 amide bonds. The highest BCUT2D eigenvalue weighted by atomic mass is 16.6. The molecule has 0 aliphatic heterocycles. The first-order chi connectivity index (χ1) is 22.0. The molecule has 0 heterocycles. The predicted molar refractivity (Wildman–Crippen MR) is 172 cm³/mol. The molecule has 9 heteroatoms. The Balaban J connectivity index is 0.000000251. The van der Waals surface area contributed by atoms with E-state index in [0.29, 0.717) is 18.8 Å². The minimum atomic E-state index is -0.517. The molecule has 2 aromatic rings. The van der Waals surface area contributed by atoms with Crippen LogP contribution in [0.25, 0.3) is 0 Å². The van der Waals surface area contributed by atoms with Gasteiger partial charge < -0.3 is 29.6 Å². The topological polar surface area (TPSA) is 120 Å². The van der Waals surface area contributed by atoms with Crippen molar-refractivity contribution >= 4 is 24.4 Å². The van der Waals surface area contributed by atoms with Crippen molar-refractivity contribution in [3.63, 3.8) is 0 Å². The molecule has 2 fully saturated rings. The first kappa shape index (κ1) is 35.6. The van der Waals surface area contributed by atoms with Gasteiger partial charge in [-0.25, -0.2) is 9.59 Å². The van der Waals surface area contributed by atoms with Gasteiger partial charge in [0.15, 0.2) is 0 Å². The summed E-state index contributed by atoms with van der Waals surface area (Å²) in [7, 11) is 1.40. The third-order valence-corrected chi connectivity index (χ3v) is 8.66. The quantitative estimate of drug-likeness (QED) is 0.137. The van der Waals surface area contributed by atoms with Crippen LogP contribution in [0.4, 0.5) is 9.59 Å². The summed E-state index contributed by atoms with van der Waals surface area (Å²) < 4.78 is 15.2. The fraction of sp³-hybridized carbons (Fsp3) is 0.556. The molecule has 2 N–H and O–H groups in total. The van der Waals surface area contributed by atoms with Crippen LogP contribution in [0.15, 0.2) is 60.7 Å². The number of hydrogen-bond donors (Lipinski definition) is 2. The Morgan fingerprint density at radius 3 is 1.71 bits per heavy atom. The van der Waals surface area contributed by atoms with E-state index in [-0.39, 0.29) is 37.2 Å². The lowest BCUT2D eigenvalue weighted by atomic mass is 9.82. The number of rotatable bonds is 13. The maximum absolute atomic E-state index is 12.2. The number of hydrogen-bond acceptors (Lipinski definition) is 7. The zero-order valence-corrected chi connectivity index (χ0v) is 26.6. The molecule has 0 bridgehead atoms. The van der Waals surface area contributed by atoms with E-state index in [2.05, 4.69) is 10.6 Å². The maximum atomic E-state index is 12.2. The molecule has 246 valence electrons. The van der Waals surface area contributed by atoms with E-state index in [1.165, 1.54) is 32.8 Å². The number of esters is 1. The summed E-state index contributed by atoms with van der Waals surface area (Å²) in [5.74, 6) is 0.523. The fourth-order valence-electron chi connectivity index (χ4n) is 6.10. The van der Waals surface area contributed by atoms with Gasteiger partial charge in [0.1, 0.15) is 19.5 Å². The zero-order valence-electron chi connectivity index (χ0n) is 26.6. The van der Waals surface area contributed by atoms with Crippen LogP contribution < -0.4 is 10.6 Å². The van der Waals surface area contributed by atoms with Gasteiger partial charge >= 0.3 is 18.2 Å². The van der Waals surface area contributed by atoms with Crippen LogP contribution >= 0.6 is 0 Å². The Morgan fingerprint density at radius 1 is 0.733 bits per heavy atom. The summed E-state index contributed by atoms with van der Waals surface area (Å²) >= 11 is 0. The van der Waals surface area contributed by atoms with Gasteiger partial charge in [0.05, 0.1) is 13.2 Å². The normalized spacial score (nSPS) is 16.6. The first-order valence-electron chi connectivity index (χ1n) is 16.4. The lowest BCUT2D eigenvalue weighted by molar-refractivity contribution is -0.140. The SMILES string of the molecule is COC(=O)CCC[C@H](NC(=O)OCc1ccccc1)C1CCCCC1.O=C[C@H](NC(=O)OCc1ccccc1)C1CCCCC1. The Kier molecular flexibility index (Phi) is 16.6. The van der Waals surface area contributed by atoms with Gasteiger partial charge in [0.2, 0.25) is 0 Å². The lowest BCUT2D eigenvalue weighted by Gasteiger charge is -2.30. The van der Waals surface area contributed by atoms with Gasteiger partial charge in [0, 0.05) is 12.5 Å². The first-order valence-corrected chi connectivity index (χ1v) is 16.4. The number of benzene rings is 2. The molecule has 2 aliphatic rings. The molecular formula is C36H50N2O7. The summed E-state index contributed by atoms with van der Waals surface area (Å²) in [5.41, 5.74) is 1.90. The third kappa shape index (κ3) is 14.2. The summed E-state index contributed by atoms with van der Waals surface area (Å²) in [4.78, 5) is 46.4. The lowest BCUT2D eigenvalue weighted by Crippen LogP contribution is -2.42. The molecule has 0 saturated heterocycles. The second-order valence-electron chi connectivity index (χ2n) is 11.9. The number of nitrogens with one attached hydrogen (secondary N) is 2. The number of amides is 2. The monoisotopic (exact) mass is 622 g/mol. The molecule has 4 rings (SSSR count). The molecule has 0 radical (unpaired) electrons. The third-order valence-electron chi connectivity index (χ3n) is 8.66. The molecule has 45 heavy (non-hydrogen) atoms. The summed E-state index contributed by atoms with van der Waals surface area (Å²) in [5, 5.41) is 5.71.